The fourth-order valence-electron chi connectivity index (χ4n) is 3.15. The third-order valence-corrected chi connectivity index (χ3v) is 4.57. The van der Waals surface area contributed by atoms with E-state index in [0.29, 0.717) is 37.0 Å². The molecule has 1 aromatic carbocycles. The van der Waals surface area contributed by atoms with Crippen LogP contribution in [0.1, 0.15) is 40.0 Å². The van der Waals surface area contributed by atoms with Gasteiger partial charge in [-0.2, -0.15) is 4.98 Å². The van der Waals surface area contributed by atoms with Gasteiger partial charge in [-0.15, -0.1) is 0 Å². The molecule has 1 fully saturated rings. The zero-order valence-corrected chi connectivity index (χ0v) is 14.8. The second kappa shape index (κ2) is 8.09. The highest BCUT2D eigenvalue weighted by molar-refractivity contribution is 5.94. The number of likely N-dealkylation sites (tertiary alicyclic amines) is 1. The molecular weight excluding hydrogens is 344 g/mol. The lowest BCUT2D eigenvalue weighted by Gasteiger charge is -2.15. The number of ether oxygens (including phenoxy) is 1. The van der Waals surface area contributed by atoms with Gasteiger partial charge in [0.1, 0.15) is 6.61 Å². The Hall–Kier alpha value is -3.06. The van der Waals surface area contributed by atoms with Crippen molar-refractivity contribution >= 4 is 5.91 Å². The highest BCUT2D eigenvalue weighted by atomic mass is 16.5. The Labute approximate surface area is 157 Å². The molecule has 1 aliphatic heterocycles. The van der Waals surface area contributed by atoms with Crippen molar-refractivity contribution < 1.29 is 14.1 Å². The summed E-state index contributed by atoms with van der Waals surface area (Å²) in [5.41, 5.74) is 1.69. The van der Waals surface area contributed by atoms with Gasteiger partial charge in [0.25, 0.3) is 11.8 Å². The van der Waals surface area contributed by atoms with Gasteiger partial charge in [0.05, 0.1) is 12.2 Å². The van der Waals surface area contributed by atoms with Gasteiger partial charge in [-0.25, -0.2) is 0 Å². The van der Waals surface area contributed by atoms with Crippen LogP contribution in [0.5, 0.6) is 0 Å². The monoisotopic (exact) mass is 364 g/mol. The molecule has 3 heterocycles. The molecule has 138 valence electrons. The van der Waals surface area contributed by atoms with Gasteiger partial charge >= 0.3 is 0 Å². The highest BCUT2D eigenvalue weighted by Crippen LogP contribution is 2.26. The van der Waals surface area contributed by atoms with Crippen molar-refractivity contribution in [3.63, 3.8) is 0 Å². The molecule has 0 N–H and O–H groups in total. The average molecular weight is 364 g/mol. The Morgan fingerprint density at radius 2 is 2.07 bits per heavy atom. The van der Waals surface area contributed by atoms with Crippen LogP contribution in [-0.2, 0) is 18.0 Å². The maximum Gasteiger partial charge on any atom is 0.255 e. The van der Waals surface area contributed by atoms with Crippen molar-refractivity contribution in [1.82, 2.24) is 20.0 Å². The van der Waals surface area contributed by atoms with Crippen molar-refractivity contribution in [3.05, 3.63) is 77.7 Å². The quantitative estimate of drug-likeness (QED) is 0.669. The van der Waals surface area contributed by atoms with Crippen LogP contribution in [-0.4, -0.2) is 39.0 Å². The van der Waals surface area contributed by atoms with Crippen LogP contribution in [0, 0.1) is 0 Å². The normalized spacial score (nSPS) is 16.6. The van der Waals surface area contributed by atoms with Crippen LogP contribution in [0.2, 0.25) is 0 Å². The van der Waals surface area contributed by atoms with Gasteiger partial charge in [0, 0.05) is 31.4 Å². The minimum atomic E-state index is -0.0134. The molecule has 1 atom stereocenters. The molecule has 0 saturated carbocycles. The molecule has 0 aliphatic carbocycles. The van der Waals surface area contributed by atoms with Gasteiger partial charge in [-0.1, -0.05) is 35.5 Å². The lowest BCUT2D eigenvalue weighted by Crippen LogP contribution is -2.28. The molecule has 0 radical (unpaired) electrons. The number of amides is 1. The Balaban J connectivity index is 1.30. The molecule has 1 amide bonds. The maximum absolute atomic E-state index is 12.5. The second-order valence-corrected chi connectivity index (χ2v) is 6.50. The van der Waals surface area contributed by atoms with Crippen LogP contribution in [0.25, 0.3) is 0 Å². The van der Waals surface area contributed by atoms with Crippen LogP contribution >= 0.6 is 0 Å². The molecule has 1 aliphatic rings. The number of carbonyl (C=O) groups is 1. The number of nitrogens with zero attached hydrogens (tertiary/aromatic N) is 4. The van der Waals surface area contributed by atoms with Crippen LogP contribution < -0.4 is 0 Å². The summed E-state index contributed by atoms with van der Waals surface area (Å²) in [6, 6.07) is 13.5. The fourth-order valence-corrected chi connectivity index (χ4v) is 3.15. The first-order valence-corrected chi connectivity index (χ1v) is 8.93. The van der Waals surface area contributed by atoms with Crippen molar-refractivity contribution in [3.8, 4) is 0 Å². The first kappa shape index (κ1) is 17.4. The molecule has 3 aromatic rings. The van der Waals surface area contributed by atoms with Gasteiger partial charge in [0.15, 0.2) is 5.82 Å². The van der Waals surface area contributed by atoms with E-state index in [0.717, 1.165) is 12.0 Å². The molecule has 2 aromatic heterocycles. The largest absolute Gasteiger partial charge is 0.367 e. The van der Waals surface area contributed by atoms with Crippen LogP contribution in [0.4, 0.5) is 0 Å². The van der Waals surface area contributed by atoms with Gasteiger partial charge < -0.3 is 14.2 Å². The summed E-state index contributed by atoms with van der Waals surface area (Å²) in [5.74, 6) is 1.16. The Morgan fingerprint density at radius 3 is 2.89 bits per heavy atom. The van der Waals surface area contributed by atoms with Gasteiger partial charge in [0.2, 0.25) is 0 Å². The Kier molecular flexibility index (Phi) is 5.20. The summed E-state index contributed by atoms with van der Waals surface area (Å²) in [6.07, 6.45) is 4.06. The van der Waals surface area contributed by atoms with E-state index in [1.807, 2.05) is 35.2 Å². The van der Waals surface area contributed by atoms with Crippen molar-refractivity contribution in [1.29, 1.82) is 0 Å². The summed E-state index contributed by atoms with van der Waals surface area (Å²) < 4.78 is 10.9. The fraction of sp³-hybridized carbons (Fsp3) is 0.300. The number of carbonyl (C=O) groups excluding carboxylic acids is 1. The molecule has 27 heavy (non-hydrogen) atoms. The first-order valence-electron chi connectivity index (χ1n) is 8.93. The van der Waals surface area contributed by atoms with E-state index < -0.39 is 0 Å². The lowest BCUT2D eigenvalue weighted by atomic mass is 10.1. The third kappa shape index (κ3) is 4.20. The number of benzene rings is 1. The van der Waals surface area contributed by atoms with Gasteiger partial charge in [-0.05, 0) is 24.1 Å². The zero-order chi connectivity index (χ0) is 18.5. The minimum Gasteiger partial charge on any atom is -0.367 e. The van der Waals surface area contributed by atoms with E-state index in [9.17, 15) is 4.79 Å². The molecule has 0 bridgehead atoms. The summed E-state index contributed by atoms with van der Waals surface area (Å²) in [4.78, 5) is 22.8. The van der Waals surface area contributed by atoms with Crippen molar-refractivity contribution in [2.45, 2.75) is 25.6 Å². The van der Waals surface area contributed by atoms with E-state index in [4.69, 9.17) is 9.26 Å². The molecule has 1 saturated heterocycles. The predicted octanol–water partition coefficient (Wildman–Crippen LogP) is 2.81. The second-order valence-electron chi connectivity index (χ2n) is 6.50. The third-order valence-electron chi connectivity index (χ3n) is 4.57. The highest BCUT2D eigenvalue weighted by Gasteiger charge is 2.31. The first-order chi connectivity index (χ1) is 13.3. The molecule has 7 nitrogen and oxygen atoms in total. The number of aromatic nitrogens is 3. The van der Waals surface area contributed by atoms with Crippen LogP contribution in [0.3, 0.4) is 0 Å². The maximum atomic E-state index is 12.5. The Bertz CT molecular complexity index is 883. The SMILES string of the molecule is O=C(c1cccnc1)N1CCC(c2noc(COCc3ccccc3)n2)C1. The number of hydrogen-bond donors (Lipinski definition) is 0. The van der Waals surface area contributed by atoms with Crippen LogP contribution in [0.15, 0.2) is 59.4 Å². The smallest absolute Gasteiger partial charge is 0.255 e. The molecule has 7 heteroatoms. The summed E-state index contributed by atoms with van der Waals surface area (Å²) >= 11 is 0. The summed E-state index contributed by atoms with van der Waals surface area (Å²) in [7, 11) is 0. The van der Waals surface area contributed by atoms with E-state index >= 15 is 0 Å². The van der Waals surface area contributed by atoms with E-state index in [1.165, 1.54) is 0 Å². The van der Waals surface area contributed by atoms with E-state index in [-0.39, 0.29) is 18.4 Å². The van der Waals surface area contributed by atoms with Crippen molar-refractivity contribution in [2.24, 2.45) is 0 Å². The summed E-state index contributed by atoms with van der Waals surface area (Å²) in [6.45, 7) is 2.02. The minimum absolute atomic E-state index is 0.0134. The number of hydrogen-bond acceptors (Lipinski definition) is 6. The van der Waals surface area contributed by atoms with E-state index in [1.54, 1.807) is 24.5 Å². The molecule has 0 spiro atoms. The van der Waals surface area contributed by atoms with E-state index in [2.05, 4.69) is 15.1 Å². The van der Waals surface area contributed by atoms with Crippen molar-refractivity contribution in [2.75, 3.05) is 13.1 Å². The summed E-state index contributed by atoms with van der Waals surface area (Å²) in [5, 5.41) is 4.07. The number of pyridine rings is 1. The standard InChI is InChI=1S/C20H20N4O3/c25-20(16-7-4-9-21-11-16)24-10-8-17(12-24)19-22-18(27-23-19)14-26-13-15-5-2-1-3-6-15/h1-7,9,11,17H,8,10,12-14H2. The lowest BCUT2D eigenvalue weighted by molar-refractivity contribution is 0.0790. The Morgan fingerprint density at radius 1 is 1.19 bits per heavy atom. The topological polar surface area (TPSA) is 81.4 Å². The van der Waals surface area contributed by atoms with Gasteiger partial charge in [-0.3, -0.25) is 9.78 Å². The zero-order valence-electron chi connectivity index (χ0n) is 14.8. The molecule has 1 unspecified atom stereocenters. The molecular formula is C20H20N4O3. The predicted molar refractivity (Wildman–Crippen MR) is 96.7 cm³/mol. The average Bonchev–Trinajstić information content (AvgIpc) is 3.38. The number of rotatable bonds is 6. The molecule has 4 rings (SSSR count).